The Morgan fingerprint density at radius 3 is 2.37 bits per heavy atom. The molecule has 2 N–H and O–H groups in total. The monoisotopic (exact) mass is 282 g/mol. The topological polar surface area (TPSA) is 29.3 Å². The first-order valence-electron chi connectivity index (χ1n) is 7.30. The molecule has 0 radical (unpaired) electrons. The van der Waals surface area contributed by atoms with Gasteiger partial charge in [0.1, 0.15) is 0 Å². The average molecular weight is 283 g/mol. The molecular weight excluding hydrogens is 256 g/mol. The van der Waals surface area contributed by atoms with Crippen molar-refractivity contribution in [1.82, 2.24) is 4.90 Å². The minimum absolute atomic E-state index is 0. The molecule has 0 bridgehead atoms. The van der Waals surface area contributed by atoms with Crippen molar-refractivity contribution in [2.45, 2.75) is 57.5 Å². The van der Waals surface area contributed by atoms with E-state index in [-0.39, 0.29) is 12.4 Å². The largest absolute Gasteiger partial charge is 0.399 e. The molecule has 0 unspecified atom stereocenters. The van der Waals surface area contributed by atoms with Crippen molar-refractivity contribution in [3.8, 4) is 0 Å². The minimum Gasteiger partial charge on any atom is -0.399 e. The average Bonchev–Trinajstić information content (AvgIpc) is 2.28. The van der Waals surface area contributed by atoms with Crippen LogP contribution in [0.25, 0.3) is 0 Å². The van der Waals surface area contributed by atoms with Gasteiger partial charge in [-0.1, -0.05) is 44.2 Å². The van der Waals surface area contributed by atoms with Crippen LogP contribution in [0.1, 0.15) is 50.5 Å². The second-order valence-corrected chi connectivity index (χ2v) is 5.66. The Morgan fingerprint density at radius 2 is 1.74 bits per heavy atom. The fourth-order valence-electron chi connectivity index (χ4n) is 2.98. The van der Waals surface area contributed by atoms with Gasteiger partial charge in [0.05, 0.1) is 0 Å². The van der Waals surface area contributed by atoms with Gasteiger partial charge in [0.15, 0.2) is 0 Å². The molecule has 2 nitrogen and oxygen atoms in total. The third-order valence-corrected chi connectivity index (χ3v) is 4.08. The normalized spacial score (nSPS) is 17.6. The Morgan fingerprint density at radius 1 is 1.11 bits per heavy atom. The van der Waals surface area contributed by atoms with E-state index in [9.17, 15) is 0 Å². The maximum Gasteiger partial charge on any atom is 0.0317 e. The van der Waals surface area contributed by atoms with Crippen LogP contribution in [0.2, 0.25) is 0 Å². The predicted octanol–water partition coefficient (Wildman–Crippen LogP) is 4.24. The van der Waals surface area contributed by atoms with Crippen LogP contribution in [-0.2, 0) is 6.54 Å². The first kappa shape index (κ1) is 16.3. The highest BCUT2D eigenvalue weighted by Crippen LogP contribution is 2.22. The third-order valence-electron chi connectivity index (χ3n) is 4.08. The number of halogens is 1. The fourth-order valence-corrected chi connectivity index (χ4v) is 2.98. The summed E-state index contributed by atoms with van der Waals surface area (Å²) in [5.74, 6) is 0. The van der Waals surface area contributed by atoms with Crippen molar-refractivity contribution in [2.24, 2.45) is 0 Å². The molecule has 1 aromatic carbocycles. The maximum atomic E-state index is 5.84. The molecule has 0 spiro atoms. The summed E-state index contributed by atoms with van der Waals surface area (Å²) in [5, 5.41) is 0. The first-order chi connectivity index (χ1) is 8.75. The van der Waals surface area contributed by atoms with Crippen LogP contribution in [0, 0.1) is 0 Å². The summed E-state index contributed by atoms with van der Waals surface area (Å²) in [6.45, 7) is 1.02. The van der Waals surface area contributed by atoms with Gasteiger partial charge >= 0.3 is 0 Å². The van der Waals surface area contributed by atoms with Crippen LogP contribution in [0.4, 0.5) is 5.69 Å². The van der Waals surface area contributed by atoms with Crippen molar-refractivity contribution < 1.29 is 0 Å². The SMILES string of the molecule is CN(Cc1cccc(N)c1)C1CCCCCCC1.Cl. The van der Waals surface area contributed by atoms with Crippen LogP contribution in [0.3, 0.4) is 0 Å². The molecule has 1 fully saturated rings. The lowest BCUT2D eigenvalue weighted by atomic mass is 9.95. The quantitative estimate of drug-likeness (QED) is 0.841. The van der Waals surface area contributed by atoms with Gasteiger partial charge in [0.2, 0.25) is 0 Å². The van der Waals surface area contributed by atoms with E-state index >= 15 is 0 Å². The molecule has 1 aliphatic carbocycles. The molecule has 0 atom stereocenters. The van der Waals surface area contributed by atoms with Gasteiger partial charge in [-0.2, -0.15) is 0 Å². The van der Waals surface area contributed by atoms with Crippen molar-refractivity contribution in [1.29, 1.82) is 0 Å². The Bertz CT molecular complexity index is 360. The zero-order chi connectivity index (χ0) is 12.8. The second-order valence-electron chi connectivity index (χ2n) is 5.66. The predicted molar refractivity (Wildman–Crippen MR) is 85.7 cm³/mol. The van der Waals surface area contributed by atoms with E-state index in [1.165, 1.54) is 50.5 Å². The number of benzene rings is 1. The van der Waals surface area contributed by atoms with Crippen LogP contribution in [-0.4, -0.2) is 18.0 Å². The van der Waals surface area contributed by atoms with E-state index in [1.807, 2.05) is 6.07 Å². The zero-order valence-electron chi connectivity index (χ0n) is 12.0. The smallest absolute Gasteiger partial charge is 0.0317 e. The fraction of sp³-hybridized carbons (Fsp3) is 0.625. The Balaban J connectivity index is 0.00000180. The van der Waals surface area contributed by atoms with E-state index < -0.39 is 0 Å². The summed E-state index contributed by atoms with van der Waals surface area (Å²) in [6.07, 6.45) is 9.78. The summed E-state index contributed by atoms with van der Waals surface area (Å²) in [7, 11) is 2.26. The summed E-state index contributed by atoms with van der Waals surface area (Å²) in [6, 6.07) is 9.04. The highest BCUT2D eigenvalue weighted by atomic mass is 35.5. The maximum absolute atomic E-state index is 5.84. The number of nitrogens with two attached hydrogens (primary N) is 1. The zero-order valence-corrected chi connectivity index (χ0v) is 12.8. The van der Waals surface area contributed by atoms with Crippen LogP contribution in [0.15, 0.2) is 24.3 Å². The Labute approximate surface area is 123 Å². The minimum atomic E-state index is 0. The van der Waals surface area contributed by atoms with E-state index in [1.54, 1.807) is 0 Å². The molecule has 1 aromatic rings. The lowest BCUT2D eigenvalue weighted by Crippen LogP contribution is -2.31. The Hall–Kier alpha value is -0.730. The van der Waals surface area contributed by atoms with Gasteiger partial charge in [-0.25, -0.2) is 0 Å². The second kappa shape index (κ2) is 8.44. The summed E-state index contributed by atoms with van der Waals surface area (Å²) < 4.78 is 0. The molecule has 1 saturated carbocycles. The number of nitrogen functional groups attached to an aromatic ring is 1. The number of rotatable bonds is 3. The van der Waals surface area contributed by atoms with Gasteiger partial charge in [-0.15, -0.1) is 12.4 Å². The highest BCUT2D eigenvalue weighted by Gasteiger charge is 2.16. The van der Waals surface area contributed by atoms with Gasteiger partial charge < -0.3 is 5.73 Å². The lowest BCUT2D eigenvalue weighted by molar-refractivity contribution is 0.196. The number of hydrogen-bond donors (Lipinski definition) is 1. The molecule has 1 aliphatic rings. The van der Waals surface area contributed by atoms with Gasteiger partial charge in [-0.05, 0) is 37.6 Å². The standard InChI is InChI=1S/C16H26N2.ClH/c1-18(13-14-8-7-9-15(17)12-14)16-10-5-3-2-4-6-11-16;/h7-9,12,16H,2-6,10-11,13,17H2,1H3;1H. The molecule has 2 rings (SSSR count). The molecule has 0 amide bonds. The van der Waals surface area contributed by atoms with E-state index in [0.29, 0.717) is 0 Å². The molecule has 0 heterocycles. The number of anilines is 1. The van der Waals surface area contributed by atoms with Crippen LogP contribution in [0.5, 0.6) is 0 Å². The third kappa shape index (κ3) is 5.42. The summed E-state index contributed by atoms with van der Waals surface area (Å²) in [4.78, 5) is 2.51. The van der Waals surface area contributed by atoms with Crippen molar-refractivity contribution >= 4 is 18.1 Å². The molecular formula is C16H27ClN2. The van der Waals surface area contributed by atoms with Crippen LogP contribution < -0.4 is 5.73 Å². The number of nitrogens with zero attached hydrogens (tertiary/aromatic N) is 1. The summed E-state index contributed by atoms with van der Waals surface area (Å²) >= 11 is 0. The van der Waals surface area contributed by atoms with Crippen molar-refractivity contribution in [3.63, 3.8) is 0 Å². The molecule has 108 valence electrons. The van der Waals surface area contributed by atoms with Crippen molar-refractivity contribution in [2.75, 3.05) is 12.8 Å². The van der Waals surface area contributed by atoms with E-state index in [4.69, 9.17) is 5.73 Å². The molecule has 3 heteroatoms. The molecule has 0 aromatic heterocycles. The van der Waals surface area contributed by atoms with E-state index in [0.717, 1.165) is 18.3 Å². The van der Waals surface area contributed by atoms with Crippen LogP contribution >= 0.6 is 12.4 Å². The van der Waals surface area contributed by atoms with Gasteiger partial charge in [-0.3, -0.25) is 4.90 Å². The first-order valence-corrected chi connectivity index (χ1v) is 7.30. The van der Waals surface area contributed by atoms with Gasteiger partial charge in [0, 0.05) is 18.3 Å². The van der Waals surface area contributed by atoms with Gasteiger partial charge in [0.25, 0.3) is 0 Å². The molecule has 0 saturated heterocycles. The van der Waals surface area contributed by atoms with Crippen molar-refractivity contribution in [3.05, 3.63) is 29.8 Å². The number of hydrogen-bond acceptors (Lipinski definition) is 2. The summed E-state index contributed by atoms with van der Waals surface area (Å²) in [5.41, 5.74) is 8.05. The molecule has 19 heavy (non-hydrogen) atoms. The Kier molecular flexibility index (Phi) is 7.25. The van der Waals surface area contributed by atoms with E-state index in [2.05, 4.69) is 30.1 Å². The lowest BCUT2D eigenvalue weighted by Gasteiger charge is -2.29. The highest BCUT2D eigenvalue weighted by molar-refractivity contribution is 5.85. The molecule has 0 aliphatic heterocycles.